The van der Waals surface area contributed by atoms with Gasteiger partial charge in [-0.05, 0) is 47.3 Å². The first-order valence-electron chi connectivity index (χ1n) is 14.1. The van der Waals surface area contributed by atoms with E-state index in [0.29, 0.717) is 30.4 Å². The Kier molecular flexibility index (Phi) is 11.8. The molecule has 216 valence electrons. The minimum absolute atomic E-state index is 0. The Morgan fingerprint density at radius 1 is 1.05 bits per heavy atom. The van der Waals surface area contributed by atoms with Crippen LogP contribution in [0.4, 0.5) is 0 Å². The van der Waals surface area contributed by atoms with Crippen molar-refractivity contribution in [2.45, 2.75) is 78.6 Å². The van der Waals surface area contributed by atoms with E-state index < -0.39 is 0 Å². The summed E-state index contributed by atoms with van der Waals surface area (Å²) in [6, 6.07) is 14.4. The molecule has 0 aromatic heterocycles. The lowest BCUT2D eigenvalue weighted by molar-refractivity contribution is 0.0963. The number of carbonyl (C=O) groups excluding carboxylic acids is 1. The predicted octanol–water partition coefficient (Wildman–Crippen LogP) is 7.38. The van der Waals surface area contributed by atoms with E-state index in [1.165, 1.54) is 5.56 Å². The standard InChI is InChI=1S/C33H48N2O3.BrH/c1-9-13-24-21-35(31(34-16-17-38-8)26(24)18-23-14-11-10-12-15-23)22-29(36)25-19-27(32(2,3)4)30(37)28(20-25)33(5,6)7;/h10-12,14-15,19-20,24,26,37H,9,13,16-18,21-22H2,1-8H3;1H. The van der Waals surface area contributed by atoms with Crippen LogP contribution >= 0.6 is 17.0 Å². The number of benzene rings is 2. The molecule has 1 N–H and O–H groups in total. The van der Waals surface area contributed by atoms with Gasteiger partial charge in [0.15, 0.2) is 5.78 Å². The zero-order chi connectivity index (χ0) is 28.1. The summed E-state index contributed by atoms with van der Waals surface area (Å²) in [7, 11) is 1.70. The third-order valence-electron chi connectivity index (χ3n) is 7.59. The van der Waals surface area contributed by atoms with Crippen LogP contribution in [-0.2, 0) is 22.0 Å². The second-order valence-electron chi connectivity index (χ2n) is 12.8. The summed E-state index contributed by atoms with van der Waals surface area (Å²) in [6.07, 6.45) is 3.13. The summed E-state index contributed by atoms with van der Waals surface area (Å²) in [5, 5.41) is 11.1. The number of carbonyl (C=O) groups is 1. The number of halogens is 1. The number of nitrogens with zero attached hydrogens (tertiary/aromatic N) is 2. The number of phenols is 1. The molecule has 1 aliphatic rings. The highest BCUT2D eigenvalue weighted by atomic mass is 79.9. The van der Waals surface area contributed by atoms with Crippen molar-refractivity contribution in [2.24, 2.45) is 16.8 Å². The van der Waals surface area contributed by atoms with Gasteiger partial charge >= 0.3 is 0 Å². The van der Waals surface area contributed by atoms with Gasteiger partial charge in [0, 0.05) is 36.3 Å². The van der Waals surface area contributed by atoms with E-state index in [0.717, 1.165) is 42.8 Å². The molecule has 39 heavy (non-hydrogen) atoms. The molecule has 0 saturated carbocycles. The third-order valence-corrected chi connectivity index (χ3v) is 7.59. The van der Waals surface area contributed by atoms with Crippen LogP contribution in [0.25, 0.3) is 0 Å². The summed E-state index contributed by atoms with van der Waals surface area (Å²) >= 11 is 0. The lowest BCUT2D eigenvalue weighted by Crippen LogP contribution is -2.34. The van der Waals surface area contributed by atoms with E-state index in [2.05, 4.69) is 83.7 Å². The number of ketones is 1. The monoisotopic (exact) mass is 600 g/mol. The second-order valence-corrected chi connectivity index (χ2v) is 12.8. The summed E-state index contributed by atoms with van der Waals surface area (Å²) < 4.78 is 5.30. The van der Waals surface area contributed by atoms with E-state index in [9.17, 15) is 9.90 Å². The van der Waals surface area contributed by atoms with Crippen molar-refractivity contribution in [1.29, 1.82) is 0 Å². The Morgan fingerprint density at radius 3 is 2.15 bits per heavy atom. The van der Waals surface area contributed by atoms with Gasteiger partial charge in [-0.25, -0.2) is 0 Å². The van der Waals surface area contributed by atoms with Crippen molar-refractivity contribution in [3.05, 3.63) is 64.7 Å². The highest BCUT2D eigenvalue weighted by Gasteiger charge is 2.39. The molecule has 2 atom stereocenters. The largest absolute Gasteiger partial charge is 0.507 e. The van der Waals surface area contributed by atoms with Crippen molar-refractivity contribution in [3.63, 3.8) is 0 Å². The summed E-state index contributed by atoms with van der Waals surface area (Å²) in [6.45, 7) is 17.0. The summed E-state index contributed by atoms with van der Waals surface area (Å²) in [4.78, 5) is 21.1. The molecule has 3 rings (SSSR count). The molecule has 1 aliphatic heterocycles. The minimum Gasteiger partial charge on any atom is -0.507 e. The van der Waals surface area contributed by atoms with E-state index in [1.807, 2.05) is 12.1 Å². The first-order chi connectivity index (χ1) is 17.9. The molecule has 6 heteroatoms. The van der Waals surface area contributed by atoms with Gasteiger partial charge in [-0.1, -0.05) is 85.2 Å². The van der Waals surface area contributed by atoms with Crippen LogP contribution in [0.5, 0.6) is 5.75 Å². The van der Waals surface area contributed by atoms with Gasteiger partial charge in [0.05, 0.1) is 19.7 Å². The van der Waals surface area contributed by atoms with E-state index in [4.69, 9.17) is 9.73 Å². The zero-order valence-electron chi connectivity index (χ0n) is 25.2. The van der Waals surface area contributed by atoms with Crippen LogP contribution in [0.3, 0.4) is 0 Å². The van der Waals surface area contributed by atoms with Crippen LogP contribution in [-0.4, -0.2) is 55.0 Å². The summed E-state index contributed by atoms with van der Waals surface area (Å²) in [5.74, 6) is 2.12. The predicted molar refractivity (Wildman–Crippen MR) is 168 cm³/mol. The van der Waals surface area contributed by atoms with E-state index in [1.54, 1.807) is 7.11 Å². The zero-order valence-corrected chi connectivity index (χ0v) is 26.9. The average molecular weight is 602 g/mol. The quantitative estimate of drug-likeness (QED) is 0.228. The average Bonchev–Trinajstić information content (AvgIpc) is 3.14. The molecular weight excluding hydrogens is 552 g/mol. The first kappa shape index (κ1) is 33.0. The topological polar surface area (TPSA) is 62.1 Å². The molecule has 1 saturated heterocycles. The number of methoxy groups -OCH3 is 1. The molecule has 5 nitrogen and oxygen atoms in total. The smallest absolute Gasteiger partial charge is 0.182 e. The number of aliphatic imine (C=N–C) groups is 1. The van der Waals surface area contributed by atoms with E-state index in [-0.39, 0.29) is 46.1 Å². The normalized spacial score (nSPS) is 18.9. The number of phenolic OH excluding ortho intramolecular Hbond substituents is 1. The van der Waals surface area contributed by atoms with Gasteiger partial charge in [0.2, 0.25) is 0 Å². The Labute approximate surface area is 246 Å². The highest BCUT2D eigenvalue weighted by molar-refractivity contribution is 8.93. The lowest BCUT2D eigenvalue weighted by Gasteiger charge is -2.28. The number of hydrogen-bond donors (Lipinski definition) is 1. The van der Waals surface area contributed by atoms with Crippen LogP contribution in [0.15, 0.2) is 47.5 Å². The SMILES string of the molecule is Br.CCCC1CN(CC(=O)c2cc(C(C)(C)C)c(O)c(C(C)(C)C)c2)C(=NCCOC)C1Cc1ccccc1. The Bertz CT molecular complexity index is 1080. The molecule has 0 aliphatic carbocycles. The molecule has 0 radical (unpaired) electrons. The molecule has 0 amide bonds. The van der Waals surface area contributed by atoms with Gasteiger partial charge < -0.3 is 14.7 Å². The van der Waals surface area contributed by atoms with Crippen LogP contribution < -0.4 is 0 Å². The summed E-state index contributed by atoms with van der Waals surface area (Å²) in [5.41, 5.74) is 3.02. The van der Waals surface area contributed by atoms with Crippen LogP contribution in [0, 0.1) is 11.8 Å². The third kappa shape index (κ3) is 8.40. The number of ether oxygens (including phenoxy) is 1. The number of Topliss-reactive ketones (excluding diaryl/α,β-unsaturated/α-hetero) is 1. The number of aromatic hydroxyl groups is 1. The van der Waals surface area contributed by atoms with Crippen LogP contribution in [0.1, 0.15) is 88.4 Å². The number of amidine groups is 1. The molecular formula is C33H49BrN2O3. The molecule has 0 bridgehead atoms. The Balaban J connectivity index is 0.00000533. The maximum atomic E-state index is 13.9. The number of rotatable bonds is 10. The molecule has 1 heterocycles. The van der Waals surface area contributed by atoms with Crippen molar-refractivity contribution < 1.29 is 14.6 Å². The second kappa shape index (κ2) is 13.9. The first-order valence-corrected chi connectivity index (χ1v) is 14.1. The van der Waals surface area contributed by atoms with Gasteiger partial charge in [-0.3, -0.25) is 9.79 Å². The van der Waals surface area contributed by atoms with Crippen molar-refractivity contribution in [3.8, 4) is 5.75 Å². The minimum atomic E-state index is -0.284. The molecule has 2 unspecified atom stereocenters. The van der Waals surface area contributed by atoms with Gasteiger partial charge in [0.1, 0.15) is 11.6 Å². The van der Waals surface area contributed by atoms with Gasteiger partial charge in [-0.15, -0.1) is 17.0 Å². The van der Waals surface area contributed by atoms with Crippen molar-refractivity contribution in [1.82, 2.24) is 4.90 Å². The fraction of sp³-hybridized carbons (Fsp3) is 0.576. The fourth-order valence-corrected chi connectivity index (χ4v) is 5.56. The highest BCUT2D eigenvalue weighted by Crippen LogP contribution is 2.40. The fourth-order valence-electron chi connectivity index (χ4n) is 5.56. The number of likely N-dealkylation sites (tertiary alicyclic amines) is 1. The van der Waals surface area contributed by atoms with E-state index >= 15 is 0 Å². The lowest BCUT2D eigenvalue weighted by atomic mass is 9.78. The van der Waals surface area contributed by atoms with Crippen molar-refractivity contribution in [2.75, 3.05) is 33.4 Å². The molecule has 0 spiro atoms. The molecule has 2 aromatic carbocycles. The molecule has 1 fully saturated rings. The van der Waals surface area contributed by atoms with Gasteiger partial charge in [-0.2, -0.15) is 0 Å². The van der Waals surface area contributed by atoms with Crippen LogP contribution in [0.2, 0.25) is 0 Å². The van der Waals surface area contributed by atoms with Crippen molar-refractivity contribution >= 4 is 28.6 Å². The number of hydrogen-bond acceptors (Lipinski definition) is 4. The maximum Gasteiger partial charge on any atom is 0.182 e. The molecule has 2 aromatic rings. The van der Waals surface area contributed by atoms with Gasteiger partial charge in [0.25, 0.3) is 0 Å². The maximum absolute atomic E-state index is 13.9. The Hall–Kier alpha value is -2.18. The Morgan fingerprint density at radius 2 is 1.64 bits per heavy atom.